The van der Waals surface area contributed by atoms with Crippen LogP contribution in [0.25, 0.3) is 0 Å². The first kappa shape index (κ1) is 18.6. The molecule has 5 rings (SSSR count). The van der Waals surface area contributed by atoms with Crippen LogP contribution in [0.3, 0.4) is 0 Å². The van der Waals surface area contributed by atoms with Crippen LogP contribution >= 0.6 is 11.8 Å². The van der Waals surface area contributed by atoms with E-state index < -0.39 is 0 Å². The maximum absolute atomic E-state index is 2.71. The minimum absolute atomic E-state index is 0.626. The Morgan fingerprint density at radius 1 is 0.889 bits per heavy atom. The second kappa shape index (κ2) is 6.82. The van der Waals surface area contributed by atoms with Crippen molar-refractivity contribution in [1.29, 1.82) is 0 Å². The van der Waals surface area contributed by atoms with Crippen LogP contribution in [0, 0.1) is 41.4 Å². The van der Waals surface area contributed by atoms with Crippen LogP contribution in [0.15, 0.2) is 29.2 Å². The molecule has 0 unspecified atom stereocenters. The highest BCUT2D eigenvalue weighted by Crippen LogP contribution is 2.67. The van der Waals surface area contributed by atoms with Crippen molar-refractivity contribution in [2.24, 2.45) is 34.5 Å². The molecule has 1 heteroatoms. The van der Waals surface area contributed by atoms with Crippen molar-refractivity contribution in [3.8, 4) is 0 Å². The summed E-state index contributed by atoms with van der Waals surface area (Å²) in [6, 6.07) is 9.27. The van der Waals surface area contributed by atoms with Gasteiger partial charge in [-0.1, -0.05) is 44.4 Å². The molecule has 7 atom stereocenters. The van der Waals surface area contributed by atoms with Crippen molar-refractivity contribution < 1.29 is 0 Å². The normalized spacial score (nSPS) is 46.4. The average molecular weight is 383 g/mol. The number of hydrogen-bond acceptors (Lipinski definition) is 1. The van der Waals surface area contributed by atoms with E-state index in [-0.39, 0.29) is 0 Å². The Hall–Kier alpha value is -0.430. The van der Waals surface area contributed by atoms with Crippen molar-refractivity contribution in [1.82, 2.24) is 0 Å². The van der Waals surface area contributed by atoms with Crippen LogP contribution in [0.2, 0.25) is 0 Å². The molecule has 0 heterocycles. The van der Waals surface area contributed by atoms with Crippen molar-refractivity contribution in [3.63, 3.8) is 0 Å². The van der Waals surface area contributed by atoms with Crippen molar-refractivity contribution in [2.45, 2.75) is 95.1 Å². The Labute approximate surface area is 171 Å². The maximum atomic E-state index is 2.71. The van der Waals surface area contributed by atoms with Crippen LogP contribution in [-0.2, 0) is 0 Å². The zero-order valence-corrected chi connectivity index (χ0v) is 18.5. The van der Waals surface area contributed by atoms with Crippen LogP contribution in [0.1, 0.15) is 83.6 Å². The lowest BCUT2D eigenvalue weighted by Gasteiger charge is -2.60. The van der Waals surface area contributed by atoms with Crippen molar-refractivity contribution >= 4 is 11.8 Å². The van der Waals surface area contributed by atoms with Crippen molar-refractivity contribution in [3.05, 3.63) is 29.8 Å². The molecule has 0 saturated heterocycles. The molecule has 0 nitrogen and oxygen atoms in total. The first-order chi connectivity index (χ1) is 13.0. The molecule has 1 aromatic carbocycles. The fourth-order valence-electron chi connectivity index (χ4n) is 8.19. The van der Waals surface area contributed by atoms with Gasteiger partial charge in [0.25, 0.3) is 0 Å². The Morgan fingerprint density at radius 2 is 1.70 bits per heavy atom. The number of thioether (sulfide) groups is 1. The molecule has 148 valence electrons. The Morgan fingerprint density at radius 3 is 2.52 bits per heavy atom. The number of benzene rings is 1. The van der Waals surface area contributed by atoms with Crippen LogP contribution in [0.4, 0.5) is 0 Å². The highest BCUT2D eigenvalue weighted by atomic mass is 32.2. The van der Waals surface area contributed by atoms with Gasteiger partial charge in [-0.15, -0.1) is 11.8 Å². The quantitative estimate of drug-likeness (QED) is 0.501. The summed E-state index contributed by atoms with van der Waals surface area (Å²) in [5, 5.41) is 0.846. The molecule has 0 amide bonds. The third-order valence-corrected chi connectivity index (χ3v) is 10.9. The summed E-state index contributed by atoms with van der Waals surface area (Å²) in [6.07, 6.45) is 15.2. The largest absolute Gasteiger partial charge is 0.123 e. The predicted octanol–water partition coefficient (Wildman–Crippen LogP) is 7.89. The van der Waals surface area contributed by atoms with E-state index >= 15 is 0 Å². The molecule has 4 aliphatic carbocycles. The summed E-state index contributed by atoms with van der Waals surface area (Å²) >= 11 is 2.19. The second-order valence-corrected chi connectivity index (χ2v) is 12.5. The Bertz CT molecular complexity index is 678. The van der Waals surface area contributed by atoms with E-state index in [2.05, 4.69) is 56.8 Å². The van der Waals surface area contributed by atoms with Gasteiger partial charge >= 0.3 is 0 Å². The fourth-order valence-corrected chi connectivity index (χ4v) is 9.63. The van der Waals surface area contributed by atoms with Crippen LogP contribution in [-0.4, -0.2) is 5.25 Å². The van der Waals surface area contributed by atoms with Gasteiger partial charge in [-0.2, -0.15) is 0 Å². The van der Waals surface area contributed by atoms with E-state index in [1.54, 1.807) is 12.8 Å². The zero-order valence-electron chi connectivity index (χ0n) is 17.7. The van der Waals surface area contributed by atoms with Gasteiger partial charge < -0.3 is 0 Å². The molecular weight excluding hydrogens is 344 g/mol. The Kier molecular flexibility index (Phi) is 4.70. The van der Waals surface area contributed by atoms with Gasteiger partial charge in [0.05, 0.1) is 0 Å². The van der Waals surface area contributed by atoms with Crippen LogP contribution < -0.4 is 0 Å². The van der Waals surface area contributed by atoms with Gasteiger partial charge in [-0.25, -0.2) is 0 Å². The summed E-state index contributed by atoms with van der Waals surface area (Å²) in [5.41, 5.74) is 2.69. The molecule has 0 N–H and O–H groups in total. The molecule has 0 bridgehead atoms. The zero-order chi connectivity index (χ0) is 18.6. The molecule has 4 saturated carbocycles. The average Bonchev–Trinajstić information content (AvgIpc) is 2.99. The predicted molar refractivity (Wildman–Crippen MR) is 117 cm³/mol. The lowest BCUT2D eigenvalue weighted by Crippen LogP contribution is -2.51. The van der Waals surface area contributed by atoms with E-state index in [1.807, 2.05) is 0 Å². The monoisotopic (exact) mass is 382 g/mol. The third-order valence-electron chi connectivity index (χ3n) is 9.64. The lowest BCUT2D eigenvalue weighted by molar-refractivity contribution is -0.103. The minimum atomic E-state index is 0.626. The number of hydrogen-bond donors (Lipinski definition) is 0. The van der Waals surface area contributed by atoms with Gasteiger partial charge in [0.2, 0.25) is 0 Å². The summed E-state index contributed by atoms with van der Waals surface area (Å²) in [4.78, 5) is 1.49. The summed E-state index contributed by atoms with van der Waals surface area (Å²) in [7, 11) is 0. The Balaban J connectivity index is 1.34. The third kappa shape index (κ3) is 3.11. The first-order valence-electron chi connectivity index (χ1n) is 11.7. The van der Waals surface area contributed by atoms with Gasteiger partial charge in [0.15, 0.2) is 0 Å². The molecule has 1 aromatic rings. The molecule has 0 aromatic heterocycles. The standard InChI is InChI=1S/C26H38S/c1-18-7-10-20(11-8-18)27-21-16-24-22-12-9-19-6-4-5-14-26(19,3)23(22)13-15-25(24,2)17-21/h7-8,10-11,19,21-24H,4-6,9,12-17H2,1-3H3/t19-,21+,22-,23+,24+,25-,26+/m1/s1. The van der Waals surface area contributed by atoms with E-state index in [0.717, 1.165) is 28.9 Å². The topological polar surface area (TPSA) is 0 Å². The number of aryl methyl sites for hydroxylation is 1. The van der Waals surface area contributed by atoms with Gasteiger partial charge in [-0.05, 0) is 105 Å². The molecule has 0 spiro atoms. The molecule has 4 fully saturated rings. The van der Waals surface area contributed by atoms with E-state index in [1.165, 1.54) is 61.8 Å². The van der Waals surface area contributed by atoms with E-state index in [0.29, 0.717) is 10.8 Å². The lowest BCUT2D eigenvalue weighted by atomic mass is 9.45. The summed E-state index contributed by atoms with van der Waals surface area (Å²) in [5.74, 6) is 4.12. The highest BCUT2D eigenvalue weighted by molar-refractivity contribution is 8.00. The molecule has 0 aliphatic heterocycles. The van der Waals surface area contributed by atoms with Gasteiger partial charge in [0.1, 0.15) is 0 Å². The van der Waals surface area contributed by atoms with Gasteiger partial charge in [0, 0.05) is 10.1 Å². The summed E-state index contributed by atoms with van der Waals surface area (Å²) in [6.45, 7) is 7.57. The molecule has 4 aliphatic rings. The first-order valence-corrected chi connectivity index (χ1v) is 12.6. The number of fused-ring (bicyclic) bond motifs is 5. The van der Waals surface area contributed by atoms with E-state index in [4.69, 9.17) is 0 Å². The van der Waals surface area contributed by atoms with E-state index in [9.17, 15) is 0 Å². The number of rotatable bonds is 2. The molecule has 0 radical (unpaired) electrons. The molecular formula is C26H38S. The maximum Gasteiger partial charge on any atom is 0.0103 e. The second-order valence-electron chi connectivity index (χ2n) is 11.1. The highest BCUT2D eigenvalue weighted by Gasteiger charge is 2.58. The fraction of sp³-hybridized carbons (Fsp3) is 0.769. The van der Waals surface area contributed by atoms with Crippen LogP contribution in [0.5, 0.6) is 0 Å². The van der Waals surface area contributed by atoms with Crippen molar-refractivity contribution in [2.75, 3.05) is 0 Å². The SMILES string of the molecule is Cc1ccc(S[C@H]2C[C@H]3[C@@H]4CC[C@H]5CCCC[C@]5(C)[C@H]4CC[C@]3(C)C2)cc1. The van der Waals surface area contributed by atoms with Gasteiger partial charge in [-0.3, -0.25) is 0 Å². The smallest absolute Gasteiger partial charge is 0.0103 e. The summed E-state index contributed by atoms with van der Waals surface area (Å²) < 4.78 is 0. The molecule has 27 heavy (non-hydrogen) atoms. The minimum Gasteiger partial charge on any atom is -0.123 e.